The lowest BCUT2D eigenvalue weighted by molar-refractivity contribution is 0.0640. The van der Waals surface area contributed by atoms with E-state index in [0.29, 0.717) is 0 Å². The van der Waals surface area contributed by atoms with E-state index >= 15 is 0 Å². The van der Waals surface area contributed by atoms with E-state index in [0.717, 1.165) is 12.1 Å². The van der Waals surface area contributed by atoms with Gasteiger partial charge in [-0.3, -0.25) is 0 Å². The minimum absolute atomic E-state index is 0.132. The van der Waals surface area contributed by atoms with Crippen LogP contribution in [0.3, 0.4) is 0 Å². The van der Waals surface area contributed by atoms with Gasteiger partial charge in [0.2, 0.25) is 0 Å². The van der Waals surface area contributed by atoms with E-state index in [-0.39, 0.29) is 20.0 Å². The van der Waals surface area contributed by atoms with Crippen LogP contribution in [0.5, 0.6) is 0 Å². The van der Waals surface area contributed by atoms with E-state index in [1.807, 2.05) is 0 Å². The first-order valence-corrected chi connectivity index (χ1v) is 5.17. The molecule has 0 radical (unpaired) electrons. The van der Waals surface area contributed by atoms with E-state index in [1.54, 1.807) is 0 Å². The molecule has 2 aromatic rings. The molecular weight excluding hydrogens is 285 g/mol. The molecule has 0 atom stereocenters. The third-order valence-electron chi connectivity index (χ3n) is 2.30. The fourth-order valence-corrected chi connectivity index (χ4v) is 1.58. The van der Waals surface area contributed by atoms with Crippen molar-refractivity contribution in [2.24, 2.45) is 0 Å². The molecule has 1 aromatic heterocycles. The quantitative estimate of drug-likeness (QED) is 0.863. The Hall–Kier alpha value is -1.96. The van der Waals surface area contributed by atoms with Crippen molar-refractivity contribution < 1.29 is 17.3 Å². The summed E-state index contributed by atoms with van der Waals surface area (Å²) >= 11 is 5.58. The first-order chi connectivity index (χ1) is 10.0. The van der Waals surface area contributed by atoms with E-state index in [9.17, 15) is 18.0 Å². The van der Waals surface area contributed by atoms with Gasteiger partial charge in [0, 0.05) is 4.11 Å². The molecule has 0 fully saturated rings. The molecule has 9 heteroatoms. The molecule has 0 spiro atoms. The van der Waals surface area contributed by atoms with Gasteiger partial charge in [-0.2, -0.15) is 13.5 Å². The lowest BCUT2D eigenvalue weighted by Crippen LogP contribution is -2.25. The predicted molar refractivity (Wildman–Crippen MR) is 63.2 cm³/mol. The Morgan fingerprint density at radius 2 is 2.21 bits per heavy atom. The summed E-state index contributed by atoms with van der Waals surface area (Å²) in [5, 5.41) is 3.14. The van der Waals surface area contributed by atoms with Crippen molar-refractivity contribution in [2.75, 3.05) is 5.73 Å². The molecule has 0 saturated carbocycles. The van der Waals surface area contributed by atoms with Crippen LogP contribution < -0.4 is 11.4 Å². The van der Waals surface area contributed by atoms with Crippen LogP contribution >= 0.6 is 11.6 Å². The number of nitrogen functional groups attached to an aromatic ring is 1. The molecule has 0 unspecified atom stereocenters. The zero-order valence-corrected chi connectivity index (χ0v) is 9.83. The number of hydrogen-bond acceptors (Lipinski definition) is 3. The SMILES string of the molecule is [2H]C([2H])([2H])c1nn(-c2cc(N)c(Cl)cc2F)c(=O)n1C(F)F. The van der Waals surface area contributed by atoms with Gasteiger partial charge in [-0.15, -0.1) is 5.10 Å². The van der Waals surface area contributed by atoms with Crippen LogP contribution in [0, 0.1) is 12.7 Å². The van der Waals surface area contributed by atoms with Crippen LogP contribution in [-0.4, -0.2) is 14.3 Å². The Balaban J connectivity index is 2.79. The first-order valence-electron chi connectivity index (χ1n) is 6.29. The summed E-state index contributed by atoms with van der Waals surface area (Å²) < 4.78 is 61.0. The Bertz CT molecular complexity index is 787. The first kappa shape index (κ1) is 9.90. The lowest BCUT2D eigenvalue weighted by atomic mass is 10.2. The van der Waals surface area contributed by atoms with Gasteiger partial charge in [0.05, 0.1) is 10.7 Å². The summed E-state index contributed by atoms with van der Waals surface area (Å²) in [5.41, 5.74) is 3.23. The molecule has 0 aliphatic carbocycles. The summed E-state index contributed by atoms with van der Waals surface area (Å²) in [7, 11) is 0. The number of alkyl halides is 2. The number of nitrogens with two attached hydrogens (primary N) is 1. The molecule has 2 N–H and O–H groups in total. The number of halogens is 4. The molecule has 102 valence electrons. The number of aromatic nitrogens is 3. The van der Waals surface area contributed by atoms with Gasteiger partial charge in [-0.25, -0.2) is 13.8 Å². The molecule has 1 aromatic carbocycles. The number of benzene rings is 1. The standard InChI is InChI=1S/C10H8ClF3N4O/c1-4-16-18(10(19)17(4)9(13)14)8-3-7(15)5(11)2-6(8)12/h2-3,9H,15H2,1H3/i1D3. The molecule has 19 heavy (non-hydrogen) atoms. The molecule has 2 rings (SSSR count). The predicted octanol–water partition coefficient (Wildman–Crippen LogP) is 2.11. The zero-order valence-electron chi connectivity index (χ0n) is 12.1. The molecule has 0 amide bonds. The number of hydrogen-bond donors (Lipinski definition) is 1. The van der Waals surface area contributed by atoms with E-state index < -0.39 is 36.4 Å². The van der Waals surface area contributed by atoms with Gasteiger partial charge in [-0.05, 0) is 19.0 Å². The normalized spacial score (nSPS) is 14.3. The topological polar surface area (TPSA) is 65.8 Å². The van der Waals surface area contributed by atoms with E-state index in [1.165, 1.54) is 0 Å². The van der Waals surface area contributed by atoms with Crippen molar-refractivity contribution in [3.05, 3.63) is 39.3 Å². The number of anilines is 1. The second kappa shape index (κ2) is 4.61. The molecule has 0 bridgehead atoms. The maximum atomic E-state index is 13.9. The summed E-state index contributed by atoms with van der Waals surface area (Å²) in [6.45, 7) is -6.54. The maximum Gasteiger partial charge on any atom is 0.355 e. The monoisotopic (exact) mass is 295 g/mol. The molecule has 0 aliphatic heterocycles. The van der Waals surface area contributed by atoms with Gasteiger partial charge in [0.25, 0.3) is 0 Å². The average Bonchev–Trinajstić information content (AvgIpc) is 2.71. The Morgan fingerprint density at radius 1 is 1.53 bits per heavy atom. The van der Waals surface area contributed by atoms with Crippen molar-refractivity contribution in [1.82, 2.24) is 14.3 Å². The average molecular weight is 296 g/mol. The summed E-state index contributed by atoms with van der Waals surface area (Å²) in [6.07, 6.45) is 0. The minimum atomic E-state index is -3.45. The van der Waals surface area contributed by atoms with Gasteiger partial charge in [-0.1, -0.05) is 11.6 Å². The highest BCUT2D eigenvalue weighted by Crippen LogP contribution is 2.24. The Kier molecular flexibility index (Phi) is 2.41. The van der Waals surface area contributed by atoms with E-state index in [4.69, 9.17) is 21.4 Å². The third kappa shape index (κ3) is 2.19. The van der Waals surface area contributed by atoms with Gasteiger partial charge in [0.15, 0.2) is 5.82 Å². The molecule has 0 saturated heterocycles. The molecule has 0 aliphatic rings. The van der Waals surface area contributed by atoms with Crippen molar-refractivity contribution in [2.45, 2.75) is 13.4 Å². The number of nitrogens with zero attached hydrogens (tertiary/aromatic N) is 3. The number of aryl methyl sites for hydroxylation is 1. The smallest absolute Gasteiger partial charge is 0.355 e. The molecule has 1 heterocycles. The highest BCUT2D eigenvalue weighted by Gasteiger charge is 2.20. The molecule has 5 nitrogen and oxygen atoms in total. The largest absolute Gasteiger partial charge is 0.397 e. The minimum Gasteiger partial charge on any atom is -0.397 e. The van der Waals surface area contributed by atoms with Crippen LogP contribution in [-0.2, 0) is 0 Å². The summed E-state index contributed by atoms with van der Waals surface area (Å²) in [4.78, 5) is 11.9. The second-order valence-corrected chi connectivity index (χ2v) is 3.90. The van der Waals surface area contributed by atoms with Crippen LogP contribution in [0.15, 0.2) is 16.9 Å². The highest BCUT2D eigenvalue weighted by molar-refractivity contribution is 6.33. The third-order valence-corrected chi connectivity index (χ3v) is 2.63. The van der Waals surface area contributed by atoms with Crippen LogP contribution in [0.2, 0.25) is 5.02 Å². The summed E-state index contributed by atoms with van der Waals surface area (Å²) in [6, 6.07) is 1.65. The van der Waals surface area contributed by atoms with Gasteiger partial charge < -0.3 is 5.73 Å². The Morgan fingerprint density at radius 3 is 2.74 bits per heavy atom. The second-order valence-electron chi connectivity index (χ2n) is 3.49. The van der Waals surface area contributed by atoms with Gasteiger partial charge >= 0.3 is 12.2 Å². The van der Waals surface area contributed by atoms with E-state index in [2.05, 4.69) is 5.10 Å². The van der Waals surface area contributed by atoms with Crippen molar-refractivity contribution in [3.8, 4) is 5.69 Å². The van der Waals surface area contributed by atoms with Crippen molar-refractivity contribution in [3.63, 3.8) is 0 Å². The van der Waals surface area contributed by atoms with Crippen LogP contribution in [0.25, 0.3) is 5.69 Å². The van der Waals surface area contributed by atoms with Crippen LogP contribution in [0.4, 0.5) is 18.9 Å². The van der Waals surface area contributed by atoms with Crippen molar-refractivity contribution in [1.29, 1.82) is 0 Å². The Labute approximate surface area is 114 Å². The fourth-order valence-electron chi connectivity index (χ4n) is 1.43. The van der Waals surface area contributed by atoms with Crippen molar-refractivity contribution >= 4 is 17.3 Å². The fraction of sp³-hybridized carbons (Fsp3) is 0.200. The highest BCUT2D eigenvalue weighted by atomic mass is 35.5. The zero-order chi connectivity index (χ0) is 16.8. The number of rotatable bonds is 2. The lowest BCUT2D eigenvalue weighted by Gasteiger charge is -2.04. The molecular formula is C10H8ClF3N4O. The van der Waals surface area contributed by atoms with Crippen LogP contribution in [0.1, 0.15) is 16.5 Å². The van der Waals surface area contributed by atoms with Gasteiger partial charge in [0.1, 0.15) is 11.5 Å². The summed E-state index contributed by atoms with van der Waals surface area (Å²) in [5.74, 6) is -2.24. The maximum absolute atomic E-state index is 13.9.